The fraction of sp³-hybridized carbons (Fsp3) is 0.708. The largest absolute Gasteiger partial charge is 0.364 e. The first-order chi connectivity index (χ1) is 15.8. The number of carbonyl (C=O) groups is 1. The van der Waals surface area contributed by atoms with Crippen molar-refractivity contribution in [3.05, 3.63) is 35.0 Å². The van der Waals surface area contributed by atoms with Gasteiger partial charge in [0.05, 0.1) is 23.4 Å². The lowest BCUT2D eigenvalue weighted by molar-refractivity contribution is -0.121. The highest BCUT2D eigenvalue weighted by Crippen LogP contribution is 2.37. The van der Waals surface area contributed by atoms with Crippen LogP contribution in [0.15, 0.2) is 21.4 Å². The molecular formula is C24H34F2N4O3. The van der Waals surface area contributed by atoms with Crippen LogP contribution in [-0.2, 0) is 17.1 Å². The van der Waals surface area contributed by atoms with Gasteiger partial charge in [-0.1, -0.05) is 10.3 Å². The highest BCUT2D eigenvalue weighted by Gasteiger charge is 2.35. The van der Waals surface area contributed by atoms with Crippen LogP contribution < -0.4 is 5.32 Å². The zero-order chi connectivity index (χ0) is 23.4. The van der Waals surface area contributed by atoms with Crippen molar-refractivity contribution in [1.82, 2.24) is 20.5 Å². The monoisotopic (exact) mass is 464 g/mol. The molecule has 2 aliphatic rings. The van der Waals surface area contributed by atoms with Gasteiger partial charge in [-0.2, -0.15) is 0 Å². The molecule has 0 aromatic carbocycles. The van der Waals surface area contributed by atoms with Gasteiger partial charge in [0.2, 0.25) is 5.91 Å². The van der Waals surface area contributed by atoms with E-state index in [-0.39, 0.29) is 29.9 Å². The van der Waals surface area contributed by atoms with Gasteiger partial charge in [-0.15, -0.1) is 0 Å². The third kappa shape index (κ3) is 6.40. The summed E-state index contributed by atoms with van der Waals surface area (Å²) in [6, 6.07) is 2.03. The molecule has 1 aliphatic carbocycles. The Balaban J connectivity index is 1.13. The summed E-state index contributed by atoms with van der Waals surface area (Å²) in [6.07, 6.45) is 8.40. The van der Waals surface area contributed by atoms with E-state index in [0.717, 1.165) is 83.5 Å². The summed E-state index contributed by atoms with van der Waals surface area (Å²) in [7, 11) is 0. The van der Waals surface area contributed by atoms with Gasteiger partial charge < -0.3 is 19.3 Å². The van der Waals surface area contributed by atoms with Crippen LogP contribution in [0.5, 0.6) is 0 Å². The minimum Gasteiger partial charge on any atom is -0.364 e. The van der Waals surface area contributed by atoms with Crippen LogP contribution in [0.1, 0.15) is 80.5 Å². The van der Waals surface area contributed by atoms with Crippen molar-refractivity contribution in [1.29, 1.82) is 0 Å². The van der Waals surface area contributed by atoms with E-state index >= 15 is 0 Å². The van der Waals surface area contributed by atoms with Gasteiger partial charge >= 0.3 is 0 Å². The molecule has 1 saturated heterocycles. The first kappa shape index (κ1) is 23.9. The number of nitrogens with one attached hydrogen (secondary N) is 1. The number of hydrogen-bond donors (Lipinski definition) is 1. The fourth-order valence-corrected chi connectivity index (χ4v) is 5.20. The third-order valence-electron chi connectivity index (χ3n) is 7.12. The molecule has 9 heteroatoms. The quantitative estimate of drug-likeness (QED) is 0.616. The van der Waals surface area contributed by atoms with E-state index in [4.69, 9.17) is 9.05 Å². The summed E-state index contributed by atoms with van der Waals surface area (Å²) in [5.41, 5.74) is 1.15. The zero-order valence-corrected chi connectivity index (χ0v) is 19.5. The highest BCUT2D eigenvalue weighted by atomic mass is 19.3. The number of piperidine rings is 1. The highest BCUT2D eigenvalue weighted by molar-refractivity contribution is 5.78. The number of halogens is 2. The van der Waals surface area contributed by atoms with E-state index in [2.05, 4.69) is 20.5 Å². The summed E-state index contributed by atoms with van der Waals surface area (Å²) < 4.78 is 37.5. The Kier molecular flexibility index (Phi) is 7.46. The second kappa shape index (κ2) is 10.3. The van der Waals surface area contributed by atoms with Crippen molar-refractivity contribution < 1.29 is 22.6 Å². The first-order valence-electron chi connectivity index (χ1n) is 12.0. The number of likely N-dealkylation sites (tertiary alicyclic amines) is 1. The molecule has 4 rings (SSSR count). The van der Waals surface area contributed by atoms with E-state index in [0.29, 0.717) is 17.4 Å². The fourth-order valence-electron chi connectivity index (χ4n) is 5.20. The summed E-state index contributed by atoms with van der Waals surface area (Å²) >= 11 is 0. The minimum absolute atomic E-state index is 0.00595. The van der Waals surface area contributed by atoms with Gasteiger partial charge in [-0.25, -0.2) is 8.78 Å². The van der Waals surface area contributed by atoms with Crippen molar-refractivity contribution in [3.63, 3.8) is 0 Å². The lowest BCUT2D eigenvalue weighted by atomic mass is 9.83. The molecule has 182 valence electrons. The summed E-state index contributed by atoms with van der Waals surface area (Å²) in [5.74, 6) is -1.60. The maximum absolute atomic E-state index is 13.8. The molecule has 33 heavy (non-hydrogen) atoms. The molecular weight excluding hydrogens is 430 g/mol. The Morgan fingerprint density at radius 3 is 2.55 bits per heavy atom. The molecule has 1 saturated carbocycles. The van der Waals surface area contributed by atoms with Gasteiger partial charge in [-0.3, -0.25) is 4.79 Å². The second-order valence-electron chi connectivity index (χ2n) is 9.80. The lowest BCUT2D eigenvalue weighted by Crippen LogP contribution is -2.39. The van der Waals surface area contributed by atoms with E-state index in [1.807, 2.05) is 6.92 Å². The van der Waals surface area contributed by atoms with Gasteiger partial charge in [-0.05, 0) is 77.4 Å². The first-order valence-corrected chi connectivity index (χ1v) is 12.0. The van der Waals surface area contributed by atoms with Crippen LogP contribution in [0.2, 0.25) is 0 Å². The maximum Gasteiger partial charge on any atom is 0.275 e. The smallest absolute Gasteiger partial charge is 0.275 e. The number of alkyl halides is 2. The Morgan fingerprint density at radius 2 is 1.91 bits per heavy atom. The minimum atomic E-state index is -2.92. The van der Waals surface area contributed by atoms with Crippen LogP contribution in [-0.4, -0.2) is 46.8 Å². The average Bonchev–Trinajstić information content (AvgIpc) is 3.43. The van der Waals surface area contributed by atoms with Crippen LogP contribution in [0.25, 0.3) is 0 Å². The van der Waals surface area contributed by atoms with E-state index in [1.165, 1.54) is 0 Å². The van der Waals surface area contributed by atoms with Crippen molar-refractivity contribution in [2.75, 3.05) is 19.6 Å². The van der Waals surface area contributed by atoms with Crippen LogP contribution >= 0.6 is 0 Å². The van der Waals surface area contributed by atoms with Gasteiger partial charge in [0, 0.05) is 24.9 Å². The van der Waals surface area contributed by atoms with Gasteiger partial charge in [0.25, 0.3) is 5.92 Å². The molecule has 0 bridgehead atoms. The van der Waals surface area contributed by atoms with Gasteiger partial charge in [0.1, 0.15) is 12.0 Å². The molecule has 0 spiro atoms. The van der Waals surface area contributed by atoms with Crippen LogP contribution in [0.4, 0.5) is 8.78 Å². The molecule has 1 N–H and O–H groups in total. The molecule has 0 radical (unpaired) electrons. The second-order valence-corrected chi connectivity index (χ2v) is 9.80. The third-order valence-corrected chi connectivity index (χ3v) is 7.12. The van der Waals surface area contributed by atoms with Crippen LogP contribution in [0, 0.1) is 12.8 Å². The molecule has 2 fully saturated rings. The molecule has 2 aromatic heterocycles. The topological polar surface area (TPSA) is 84.4 Å². The van der Waals surface area contributed by atoms with E-state index in [9.17, 15) is 13.6 Å². The van der Waals surface area contributed by atoms with Crippen molar-refractivity contribution in [3.8, 4) is 0 Å². The van der Waals surface area contributed by atoms with Crippen molar-refractivity contribution in [2.45, 2.75) is 83.1 Å². The molecule has 2 aromatic rings. The summed E-state index contributed by atoms with van der Waals surface area (Å²) in [4.78, 5) is 14.7. The lowest BCUT2D eigenvalue weighted by Gasteiger charge is -2.34. The molecule has 1 amide bonds. The van der Waals surface area contributed by atoms with Crippen molar-refractivity contribution in [2.24, 2.45) is 5.92 Å². The number of nitrogens with zero attached hydrogens (tertiary/aromatic N) is 3. The molecule has 0 atom stereocenters. The number of rotatable bonds is 8. The molecule has 1 aliphatic heterocycles. The summed E-state index contributed by atoms with van der Waals surface area (Å²) in [5, 5.41) is 10.8. The van der Waals surface area contributed by atoms with E-state index < -0.39 is 5.92 Å². The van der Waals surface area contributed by atoms with Crippen LogP contribution in [0.3, 0.4) is 0 Å². The number of aryl methyl sites for hydroxylation is 1. The van der Waals surface area contributed by atoms with E-state index in [1.54, 1.807) is 6.07 Å². The maximum atomic E-state index is 13.8. The SMILES string of the molecule is Cc1cc(CC(=O)N[C@H]2CC[C@H](CCN3CCC(c4nocc4C(C)(F)F)CC3)CC2)on1. The Labute approximate surface area is 193 Å². The molecule has 3 heterocycles. The van der Waals surface area contributed by atoms with Crippen molar-refractivity contribution >= 4 is 5.91 Å². The molecule has 7 nitrogen and oxygen atoms in total. The molecule has 0 unspecified atom stereocenters. The van der Waals surface area contributed by atoms with Gasteiger partial charge in [0.15, 0.2) is 0 Å². The number of hydrogen-bond acceptors (Lipinski definition) is 6. The summed E-state index contributed by atoms with van der Waals surface area (Å²) in [6.45, 7) is 5.58. The number of aromatic nitrogens is 2. The zero-order valence-electron chi connectivity index (χ0n) is 19.5. The number of carbonyl (C=O) groups excluding carboxylic acids is 1. The Hall–Kier alpha value is -2.29. The Bertz CT molecular complexity index is 907. The Morgan fingerprint density at radius 1 is 1.18 bits per heavy atom. The standard InChI is InChI=1S/C24H34F2N4O3/c1-16-13-20(33-28-16)14-22(31)27-19-5-3-17(4-6-19)7-10-30-11-8-18(9-12-30)23-21(15-32-29-23)24(2,25)26/h13,15,17-19H,3-12,14H2,1-2H3,(H,27,31)/t17-,19-. The predicted octanol–water partition coefficient (Wildman–Crippen LogP) is 4.57. The average molecular weight is 465 g/mol. The normalized spacial score (nSPS) is 23.0. The number of amides is 1. The predicted molar refractivity (Wildman–Crippen MR) is 118 cm³/mol.